The molecule has 0 aliphatic rings. The van der Waals surface area contributed by atoms with E-state index in [0.29, 0.717) is 17.9 Å². The number of halogens is 1. The summed E-state index contributed by atoms with van der Waals surface area (Å²) in [5.41, 5.74) is 6.85. The molecule has 1 aromatic carbocycles. The first-order chi connectivity index (χ1) is 9.99. The van der Waals surface area contributed by atoms with Crippen molar-refractivity contribution in [3.63, 3.8) is 0 Å². The van der Waals surface area contributed by atoms with Gasteiger partial charge in [0.05, 0.1) is 24.0 Å². The molecule has 0 amide bonds. The molecule has 21 heavy (non-hydrogen) atoms. The predicted molar refractivity (Wildman–Crippen MR) is 85.4 cm³/mol. The number of thiazole rings is 1. The largest absolute Gasteiger partial charge is 0.488 e. The van der Waals surface area contributed by atoms with E-state index >= 15 is 0 Å². The lowest BCUT2D eigenvalue weighted by Crippen LogP contribution is -2.09. The highest BCUT2D eigenvalue weighted by atomic mass is 32.1. The van der Waals surface area contributed by atoms with Gasteiger partial charge in [-0.3, -0.25) is 0 Å². The average molecular weight is 309 g/mol. The summed E-state index contributed by atoms with van der Waals surface area (Å²) in [5, 5.41) is 4.16. The molecule has 0 saturated heterocycles. The van der Waals surface area contributed by atoms with Gasteiger partial charge in [0.1, 0.15) is 5.01 Å². The van der Waals surface area contributed by atoms with Gasteiger partial charge in [-0.2, -0.15) is 0 Å². The SMILES string of the molecule is CCc1cnc(CNc2cc(OC(C)C)c(F)cc2N)s1. The standard InChI is InChI=1S/C15H20FN3OS/c1-4-10-7-19-15(21-10)8-18-13-6-14(20-9(2)3)11(16)5-12(13)17/h5-7,9,18H,4,8,17H2,1-3H3. The molecule has 0 radical (unpaired) electrons. The zero-order chi connectivity index (χ0) is 15.4. The first-order valence-electron chi connectivity index (χ1n) is 6.92. The molecule has 2 aromatic rings. The number of rotatable bonds is 6. The molecule has 6 heteroatoms. The van der Waals surface area contributed by atoms with Crippen molar-refractivity contribution < 1.29 is 9.13 Å². The summed E-state index contributed by atoms with van der Waals surface area (Å²) in [6.45, 7) is 6.36. The summed E-state index contributed by atoms with van der Waals surface area (Å²) < 4.78 is 19.2. The fourth-order valence-corrected chi connectivity index (χ4v) is 2.63. The van der Waals surface area contributed by atoms with Crippen molar-refractivity contribution in [2.24, 2.45) is 0 Å². The Balaban J connectivity index is 2.11. The van der Waals surface area contributed by atoms with Crippen LogP contribution in [0, 0.1) is 5.82 Å². The first kappa shape index (κ1) is 15.6. The van der Waals surface area contributed by atoms with Gasteiger partial charge in [-0.25, -0.2) is 9.37 Å². The third kappa shape index (κ3) is 4.07. The minimum Gasteiger partial charge on any atom is -0.488 e. The zero-order valence-corrected chi connectivity index (χ0v) is 13.3. The van der Waals surface area contributed by atoms with Crippen molar-refractivity contribution in [1.29, 1.82) is 0 Å². The van der Waals surface area contributed by atoms with Gasteiger partial charge in [0.25, 0.3) is 0 Å². The van der Waals surface area contributed by atoms with Gasteiger partial charge in [0.2, 0.25) is 0 Å². The highest BCUT2D eigenvalue weighted by Gasteiger charge is 2.11. The van der Waals surface area contributed by atoms with Gasteiger partial charge in [0, 0.05) is 23.2 Å². The second kappa shape index (κ2) is 6.76. The molecular formula is C15H20FN3OS. The van der Waals surface area contributed by atoms with Crippen LogP contribution in [0.4, 0.5) is 15.8 Å². The van der Waals surface area contributed by atoms with Gasteiger partial charge in [-0.15, -0.1) is 11.3 Å². The average Bonchev–Trinajstić information content (AvgIpc) is 2.88. The van der Waals surface area contributed by atoms with E-state index in [0.717, 1.165) is 11.4 Å². The van der Waals surface area contributed by atoms with E-state index in [1.165, 1.54) is 10.9 Å². The Hall–Kier alpha value is -1.82. The normalized spacial score (nSPS) is 10.9. The number of nitrogens with two attached hydrogens (primary N) is 1. The van der Waals surface area contributed by atoms with Crippen LogP contribution >= 0.6 is 11.3 Å². The van der Waals surface area contributed by atoms with E-state index in [-0.39, 0.29) is 11.9 Å². The minimum absolute atomic E-state index is 0.0953. The fraction of sp³-hybridized carbons (Fsp3) is 0.400. The Kier molecular flexibility index (Phi) is 5.01. The highest BCUT2D eigenvalue weighted by Crippen LogP contribution is 2.29. The summed E-state index contributed by atoms with van der Waals surface area (Å²) in [5.74, 6) is -0.246. The summed E-state index contributed by atoms with van der Waals surface area (Å²) in [6, 6.07) is 2.87. The second-order valence-electron chi connectivity index (χ2n) is 4.96. The van der Waals surface area contributed by atoms with Gasteiger partial charge < -0.3 is 15.8 Å². The van der Waals surface area contributed by atoms with Crippen LogP contribution in [-0.2, 0) is 13.0 Å². The molecule has 0 fully saturated rings. The van der Waals surface area contributed by atoms with Crippen molar-refractivity contribution in [2.75, 3.05) is 11.1 Å². The van der Waals surface area contributed by atoms with E-state index in [2.05, 4.69) is 17.2 Å². The lowest BCUT2D eigenvalue weighted by atomic mass is 10.2. The molecule has 0 aliphatic heterocycles. The van der Waals surface area contributed by atoms with E-state index in [1.807, 2.05) is 20.0 Å². The van der Waals surface area contributed by atoms with Gasteiger partial charge in [-0.1, -0.05) is 6.92 Å². The lowest BCUT2D eigenvalue weighted by Gasteiger charge is -2.14. The van der Waals surface area contributed by atoms with Crippen molar-refractivity contribution in [1.82, 2.24) is 4.98 Å². The number of hydrogen-bond acceptors (Lipinski definition) is 5. The van der Waals surface area contributed by atoms with Crippen molar-refractivity contribution in [3.05, 3.63) is 34.0 Å². The summed E-state index contributed by atoms with van der Waals surface area (Å²) in [6.07, 6.45) is 2.76. The molecule has 1 heterocycles. The maximum atomic E-state index is 13.8. The minimum atomic E-state index is -0.450. The molecule has 3 N–H and O–H groups in total. The van der Waals surface area contributed by atoms with Crippen LogP contribution in [0.15, 0.2) is 18.3 Å². The van der Waals surface area contributed by atoms with E-state index in [4.69, 9.17) is 10.5 Å². The number of aryl methyl sites for hydroxylation is 1. The third-order valence-electron chi connectivity index (χ3n) is 2.85. The fourth-order valence-electron chi connectivity index (χ4n) is 1.83. The third-order valence-corrected chi connectivity index (χ3v) is 3.99. The number of benzene rings is 1. The van der Waals surface area contributed by atoms with Crippen LogP contribution in [0.1, 0.15) is 30.7 Å². The molecule has 0 bridgehead atoms. The number of aromatic nitrogens is 1. The molecule has 114 valence electrons. The number of nitrogens with zero attached hydrogens (tertiary/aromatic N) is 1. The second-order valence-corrected chi connectivity index (χ2v) is 6.16. The van der Waals surface area contributed by atoms with E-state index in [1.54, 1.807) is 17.4 Å². The van der Waals surface area contributed by atoms with Crippen LogP contribution in [0.3, 0.4) is 0 Å². The Morgan fingerprint density at radius 3 is 2.81 bits per heavy atom. The van der Waals surface area contributed by atoms with E-state index in [9.17, 15) is 4.39 Å². The number of anilines is 2. The Bertz CT molecular complexity index is 613. The first-order valence-corrected chi connectivity index (χ1v) is 7.74. The number of hydrogen-bond donors (Lipinski definition) is 2. The lowest BCUT2D eigenvalue weighted by molar-refractivity contribution is 0.231. The van der Waals surface area contributed by atoms with E-state index < -0.39 is 5.82 Å². The van der Waals surface area contributed by atoms with Gasteiger partial charge >= 0.3 is 0 Å². The summed E-state index contributed by atoms with van der Waals surface area (Å²) in [4.78, 5) is 5.57. The molecule has 1 aromatic heterocycles. The molecule has 0 unspecified atom stereocenters. The van der Waals surface area contributed by atoms with Crippen LogP contribution in [0.5, 0.6) is 5.75 Å². The summed E-state index contributed by atoms with van der Waals surface area (Å²) >= 11 is 1.66. The Labute approximate surface area is 128 Å². The number of ether oxygens (including phenoxy) is 1. The quantitative estimate of drug-likeness (QED) is 0.796. The van der Waals surface area contributed by atoms with Crippen molar-refractivity contribution in [2.45, 2.75) is 39.8 Å². The van der Waals surface area contributed by atoms with Crippen LogP contribution in [0.2, 0.25) is 0 Å². The molecule has 0 saturated carbocycles. The number of nitrogens with one attached hydrogen (secondary N) is 1. The Morgan fingerprint density at radius 1 is 1.43 bits per heavy atom. The van der Waals surface area contributed by atoms with Crippen LogP contribution < -0.4 is 15.8 Å². The number of nitrogen functional groups attached to an aromatic ring is 1. The zero-order valence-electron chi connectivity index (χ0n) is 12.4. The molecule has 0 aliphatic carbocycles. The smallest absolute Gasteiger partial charge is 0.167 e. The molecule has 0 atom stereocenters. The molecule has 0 spiro atoms. The predicted octanol–water partition coefficient (Wildman–Crippen LogP) is 3.83. The van der Waals surface area contributed by atoms with Crippen molar-refractivity contribution in [3.8, 4) is 5.75 Å². The highest BCUT2D eigenvalue weighted by molar-refractivity contribution is 7.11. The monoisotopic (exact) mass is 309 g/mol. The summed E-state index contributed by atoms with van der Waals surface area (Å²) in [7, 11) is 0. The van der Waals surface area contributed by atoms with Crippen LogP contribution in [-0.4, -0.2) is 11.1 Å². The molecule has 2 rings (SSSR count). The van der Waals surface area contributed by atoms with Crippen LogP contribution in [0.25, 0.3) is 0 Å². The molecule has 4 nitrogen and oxygen atoms in total. The van der Waals surface area contributed by atoms with Crippen molar-refractivity contribution >= 4 is 22.7 Å². The van der Waals surface area contributed by atoms with Gasteiger partial charge in [-0.05, 0) is 20.3 Å². The maximum absolute atomic E-state index is 13.8. The molecular weight excluding hydrogens is 289 g/mol. The maximum Gasteiger partial charge on any atom is 0.167 e. The van der Waals surface area contributed by atoms with Gasteiger partial charge in [0.15, 0.2) is 11.6 Å². The topological polar surface area (TPSA) is 60.2 Å². The Morgan fingerprint density at radius 2 is 2.19 bits per heavy atom.